The number of nitrogens with one attached hydrogen (secondary N) is 1. The molecule has 0 bridgehead atoms. The molecule has 2 aromatic rings. The number of amides is 1. The minimum Gasteiger partial charge on any atom is -0.493 e. The second kappa shape index (κ2) is 7.87. The van der Waals surface area contributed by atoms with Crippen molar-refractivity contribution in [3.8, 4) is 11.5 Å². The zero-order chi connectivity index (χ0) is 18.4. The Morgan fingerprint density at radius 3 is 2.60 bits per heavy atom. The van der Waals surface area contributed by atoms with Gasteiger partial charge in [0.2, 0.25) is 5.27 Å². The third-order valence-corrected chi connectivity index (χ3v) is 3.21. The molecule has 136 valence electrons. The first-order chi connectivity index (χ1) is 11.8. The first-order valence-electron chi connectivity index (χ1n) is 7.88. The third-order valence-electron chi connectivity index (χ3n) is 3.21. The fraction of sp³-hybridized carbons (Fsp3) is 0.471. The molecule has 0 aliphatic heterocycles. The molecule has 0 saturated carbocycles. The summed E-state index contributed by atoms with van der Waals surface area (Å²) in [6.45, 7) is 5.94. The van der Waals surface area contributed by atoms with Crippen molar-refractivity contribution in [2.45, 2.75) is 39.3 Å². The van der Waals surface area contributed by atoms with E-state index in [0.29, 0.717) is 24.5 Å². The molecular weight excluding hydrogens is 326 g/mol. The smallest absolute Gasteiger partial charge is 0.414 e. The number of hydrogen-bond acceptors (Lipinski definition) is 6. The number of carbonyl (C=O) groups is 1. The minimum atomic E-state index is -0.587. The summed E-state index contributed by atoms with van der Waals surface area (Å²) in [4.78, 5) is 11.7. The van der Waals surface area contributed by atoms with Crippen LogP contribution in [0.5, 0.6) is 11.5 Å². The van der Waals surface area contributed by atoms with Crippen LogP contribution in [0.25, 0.3) is 0 Å². The highest BCUT2D eigenvalue weighted by Gasteiger charge is 2.20. The monoisotopic (exact) mass is 350 g/mol. The maximum absolute atomic E-state index is 11.7. The van der Waals surface area contributed by atoms with Crippen LogP contribution in [0.15, 0.2) is 28.9 Å². The molecule has 25 heavy (non-hydrogen) atoms. The van der Waals surface area contributed by atoms with E-state index in [9.17, 15) is 4.79 Å². The molecule has 0 radical (unpaired) electrons. The molecule has 0 spiro atoms. The van der Waals surface area contributed by atoms with Gasteiger partial charge < -0.3 is 14.2 Å². The minimum absolute atomic E-state index is 0.224. The summed E-state index contributed by atoms with van der Waals surface area (Å²) in [5.41, 5.74) is 0.489. The van der Waals surface area contributed by atoms with E-state index in [0.717, 1.165) is 5.56 Å². The van der Waals surface area contributed by atoms with Gasteiger partial charge in [0.15, 0.2) is 18.0 Å². The van der Waals surface area contributed by atoms with E-state index >= 15 is 0 Å². The first-order valence-corrected chi connectivity index (χ1v) is 7.88. The number of methoxy groups -OCH3 is 2. The zero-order valence-corrected chi connectivity index (χ0v) is 15.2. The van der Waals surface area contributed by atoms with Crippen LogP contribution in [0.1, 0.15) is 26.3 Å². The number of hydrogen-bond donors (Lipinski definition) is 1. The molecule has 8 heteroatoms. The number of aryl methyl sites for hydroxylation is 2. The molecular formula is C17H24N3O5+. The molecule has 0 fully saturated rings. The number of rotatable bonds is 6. The highest BCUT2D eigenvalue weighted by Crippen LogP contribution is 2.27. The van der Waals surface area contributed by atoms with Crippen molar-refractivity contribution in [2.24, 2.45) is 0 Å². The van der Waals surface area contributed by atoms with Crippen molar-refractivity contribution in [2.75, 3.05) is 19.5 Å². The second-order valence-corrected chi connectivity index (χ2v) is 6.40. The number of benzene rings is 1. The summed E-state index contributed by atoms with van der Waals surface area (Å²) < 4.78 is 22.3. The van der Waals surface area contributed by atoms with Crippen molar-refractivity contribution >= 4 is 12.0 Å². The Morgan fingerprint density at radius 1 is 1.24 bits per heavy atom. The molecule has 1 amide bonds. The summed E-state index contributed by atoms with van der Waals surface area (Å²) in [5, 5.41) is 6.38. The van der Waals surface area contributed by atoms with Gasteiger partial charge >= 0.3 is 12.0 Å². The number of ether oxygens (including phenoxy) is 3. The molecule has 1 N–H and O–H groups in total. The van der Waals surface area contributed by atoms with Gasteiger partial charge in [-0.1, -0.05) is 10.7 Å². The first kappa shape index (κ1) is 18.6. The molecule has 8 nitrogen and oxygen atoms in total. The number of nitrogens with zero attached hydrogens (tertiary/aromatic N) is 2. The molecule has 0 aliphatic rings. The zero-order valence-electron chi connectivity index (χ0n) is 15.2. The Hall–Kier alpha value is -2.77. The fourth-order valence-corrected chi connectivity index (χ4v) is 2.12. The van der Waals surface area contributed by atoms with Crippen molar-refractivity contribution in [1.29, 1.82) is 0 Å². The topological polar surface area (TPSA) is 86.7 Å². The van der Waals surface area contributed by atoms with Gasteiger partial charge in [-0.25, -0.2) is 4.79 Å². The second-order valence-electron chi connectivity index (χ2n) is 6.40. The van der Waals surface area contributed by atoms with Gasteiger partial charge in [-0.05, 0) is 38.5 Å². The third kappa shape index (κ3) is 5.66. The standard InChI is InChI=1S/C17H23N3O5/c1-17(2,3)24-16(21)18-15-11-20(19-25-15)9-8-12-6-7-13(22-4)14(10-12)23-5/h6-7,10-11H,8-9H2,1-5H3/p+1. The van der Waals surface area contributed by atoms with E-state index in [2.05, 4.69) is 10.6 Å². The quantitative estimate of drug-likeness (QED) is 0.806. The average Bonchev–Trinajstić information content (AvgIpc) is 2.98. The van der Waals surface area contributed by atoms with E-state index in [1.165, 1.54) is 0 Å². The lowest BCUT2D eigenvalue weighted by atomic mass is 10.1. The number of carbonyl (C=O) groups excluding carboxylic acids is 1. The Balaban J connectivity index is 1.92. The Bertz CT molecular complexity index is 721. The van der Waals surface area contributed by atoms with Crippen LogP contribution in [0, 0.1) is 0 Å². The predicted molar refractivity (Wildman–Crippen MR) is 89.8 cm³/mol. The summed E-state index contributed by atoms with van der Waals surface area (Å²) >= 11 is 0. The van der Waals surface area contributed by atoms with E-state index < -0.39 is 11.7 Å². The van der Waals surface area contributed by atoms with E-state index in [1.54, 1.807) is 45.9 Å². The van der Waals surface area contributed by atoms with Gasteiger partial charge in [-0.3, -0.25) is 9.84 Å². The summed E-state index contributed by atoms with van der Waals surface area (Å²) in [5.74, 6) is 1.59. The van der Waals surface area contributed by atoms with Gasteiger partial charge in [0, 0.05) is 6.42 Å². The molecule has 0 aliphatic carbocycles. The predicted octanol–water partition coefficient (Wildman–Crippen LogP) is 2.57. The molecule has 1 heterocycles. The van der Waals surface area contributed by atoms with Crippen molar-refractivity contribution in [1.82, 2.24) is 5.27 Å². The molecule has 2 rings (SSSR count). The molecule has 1 aromatic heterocycles. The Morgan fingerprint density at radius 2 is 1.96 bits per heavy atom. The molecule has 0 saturated heterocycles. The lowest BCUT2D eigenvalue weighted by molar-refractivity contribution is -0.761. The van der Waals surface area contributed by atoms with Crippen LogP contribution in [-0.4, -0.2) is 31.2 Å². The number of aromatic nitrogens is 2. The highest BCUT2D eigenvalue weighted by atomic mass is 16.6. The van der Waals surface area contributed by atoms with Crippen LogP contribution in [-0.2, 0) is 17.7 Å². The fourth-order valence-electron chi connectivity index (χ4n) is 2.12. The number of anilines is 1. The van der Waals surface area contributed by atoms with Crippen LogP contribution in [0.2, 0.25) is 0 Å². The Labute approximate surface area is 146 Å². The lowest BCUT2D eigenvalue weighted by Crippen LogP contribution is -2.35. The van der Waals surface area contributed by atoms with Gasteiger partial charge in [0.25, 0.3) is 6.20 Å². The lowest BCUT2D eigenvalue weighted by Gasteiger charge is -2.18. The van der Waals surface area contributed by atoms with E-state index in [-0.39, 0.29) is 5.88 Å². The van der Waals surface area contributed by atoms with E-state index in [4.69, 9.17) is 18.7 Å². The maximum atomic E-state index is 11.7. The molecule has 1 aromatic carbocycles. The average molecular weight is 350 g/mol. The van der Waals surface area contributed by atoms with Gasteiger partial charge in [-0.15, -0.1) is 0 Å². The summed E-state index contributed by atoms with van der Waals surface area (Å²) in [6, 6.07) is 5.73. The van der Waals surface area contributed by atoms with Gasteiger partial charge in [-0.2, -0.15) is 0 Å². The molecule has 0 atom stereocenters. The normalized spacial score (nSPS) is 11.1. The van der Waals surface area contributed by atoms with Crippen molar-refractivity contribution in [3.05, 3.63) is 30.0 Å². The molecule has 0 unspecified atom stereocenters. The maximum Gasteiger partial charge on any atom is 0.414 e. The highest BCUT2D eigenvalue weighted by molar-refractivity contribution is 5.82. The van der Waals surface area contributed by atoms with Gasteiger partial charge in [0.1, 0.15) is 5.60 Å². The van der Waals surface area contributed by atoms with Crippen LogP contribution < -0.4 is 19.5 Å². The SMILES string of the molecule is COc1ccc(CC[n+]2cc(NC(=O)OC(C)(C)C)on2)cc1OC. The summed E-state index contributed by atoms with van der Waals surface area (Å²) in [6.07, 6.45) is 1.73. The Kier molecular flexibility index (Phi) is 5.84. The van der Waals surface area contributed by atoms with Crippen LogP contribution >= 0.6 is 0 Å². The van der Waals surface area contributed by atoms with Gasteiger partial charge in [0.05, 0.1) is 14.2 Å². The van der Waals surface area contributed by atoms with Crippen LogP contribution in [0.4, 0.5) is 10.7 Å². The van der Waals surface area contributed by atoms with Crippen molar-refractivity contribution in [3.63, 3.8) is 0 Å². The summed E-state index contributed by atoms with van der Waals surface area (Å²) in [7, 11) is 3.20. The largest absolute Gasteiger partial charge is 0.493 e. The van der Waals surface area contributed by atoms with Crippen molar-refractivity contribution < 1.29 is 28.2 Å². The van der Waals surface area contributed by atoms with E-state index in [1.807, 2.05) is 18.2 Å². The van der Waals surface area contributed by atoms with Crippen LogP contribution in [0.3, 0.4) is 0 Å².